The molecule has 24 heavy (non-hydrogen) atoms. The molecule has 1 spiro atoms. The average molecular weight is 353 g/mol. The Balaban J connectivity index is 1.78. The third-order valence-electron chi connectivity index (χ3n) is 4.72. The molecule has 0 aromatic carbocycles. The zero-order valence-electron chi connectivity index (χ0n) is 14.9. The fraction of sp³-hybridized carbons (Fsp3) is 0.722. The lowest BCUT2D eigenvalue weighted by atomic mass is 9.82. The number of nitrogens with zero attached hydrogens (tertiary/aromatic N) is 1. The van der Waals surface area contributed by atoms with Gasteiger partial charge >= 0.3 is 6.09 Å². The molecule has 0 aliphatic carbocycles. The lowest BCUT2D eigenvalue weighted by Crippen LogP contribution is -2.53. The van der Waals surface area contributed by atoms with E-state index in [1.54, 1.807) is 11.3 Å². The summed E-state index contributed by atoms with van der Waals surface area (Å²) in [7, 11) is 0. The summed E-state index contributed by atoms with van der Waals surface area (Å²) in [5.74, 6) is 0. The summed E-state index contributed by atoms with van der Waals surface area (Å²) >= 11 is 1.65. The van der Waals surface area contributed by atoms with E-state index in [1.165, 1.54) is 10.4 Å². The number of amides is 1. The lowest BCUT2D eigenvalue weighted by molar-refractivity contribution is -0.108. The first-order valence-electron chi connectivity index (χ1n) is 8.60. The summed E-state index contributed by atoms with van der Waals surface area (Å²) in [5.41, 5.74) is 0.501. The molecule has 1 N–H and O–H groups in total. The highest BCUT2D eigenvalue weighted by atomic mass is 32.1. The summed E-state index contributed by atoms with van der Waals surface area (Å²) in [4.78, 5) is 16.5. The number of carbonyl (C=O) groups excluding carboxylic acids is 1. The van der Waals surface area contributed by atoms with E-state index in [0.29, 0.717) is 13.2 Å². The van der Waals surface area contributed by atoms with Crippen molar-refractivity contribution < 1.29 is 19.4 Å². The normalized spacial score (nSPS) is 27.2. The van der Waals surface area contributed by atoms with Gasteiger partial charge in [-0.3, -0.25) is 0 Å². The topological polar surface area (TPSA) is 59.0 Å². The number of rotatable bonds is 1. The van der Waals surface area contributed by atoms with E-state index in [-0.39, 0.29) is 24.3 Å². The van der Waals surface area contributed by atoms with Crippen molar-refractivity contribution in [2.45, 2.75) is 70.8 Å². The van der Waals surface area contributed by atoms with Crippen LogP contribution in [0.2, 0.25) is 0 Å². The predicted octanol–water partition coefficient (Wildman–Crippen LogP) is 3.43. The van der Waals surface area contributed by atoms with Crippen LogP contribution in [-0.4, -0.2) is 40.9 Å². The minimum Gasteiger partial charge on any atom is -0.444 e. The maximum Gasteiger partial charge on any atom is 0.410 e. The van der Waals surface area contributed by atoms with E-state index in [9.17, 15) is 9.90 Å². The zero-order valence-corrected chi connectivity index (χ0v) is 15.7. The number of fused-ring (bicyclic) bond motifs is 2. The van der Waals surface area contributed by atoms with Crippen LogP contribution >= 0.6 is 11.3 Å². The molecule has 0 saturated carbocycles. The molecular formula is C18H27NO4S. The van der Waals surface area contributed by atoms with Crippen molar-refractivity contribution in [3.63, 3.8) is 0 Å². The highest BCUT2D eigenvalue weighted by Gasteiger charge is 2.46. The van der Waals surface area contributed by atoms with Crippen LogP contribution in [0.25, 0.3) is 0 Å². The molecule has 1 fully saturated rings. The van der Waals surface area contributed by atoms with Crippen LogP contribution in [0, 0.1) is 0 Å². The second kappa shape index (κ2) is 6.32. The number of carbonyl (C=O) groups is 1. The third-order valence-corrected chi connectivity index (χ3v) is 6.07. The van der Waals surface area contributed by atoms with Gasteiger partial charge in [-0.2, -0.15) is 0 Å². The van der Waals surface area contributed by atoms with Gasteiger partial charge < -0.3 is 19.5 Å². The Morgan fingerprint density at radius 1 is 1.54 bits per heavy atom. The van der Waals surface area contributed by atoms with Crippen molar-refractivity contribution >= 4 is 17.4 Å². The van der Waals surface area contributed by atoms with Crippen LogP contribution < -0.4 is 0 Å². The first-order chi connectivity index (χ1) is 11.2. The number of piperidine rings is 1. The van der Waals surface area contributed by atoms with Gasteiger partial charge in [0.2, 0.25) is 0 Å². The fourth-order valence-electron chi connectivity index (χ4n) is 3.70. The molecule has 2 atom stereocenters. The number of aliphatic hydroxyl groups is 1. The number of likely N-dealkylation sites (tertiary alicyclic amines) is 1. The van der Waals surface area contributed by atoms with Gasteiger partial charge in [-0.15, -0.1) is 11.3 Å². The Morgan fingerprint density at radius 2 is 2.29 bits per heavy atom. The molecule has 2 aliphatic rings. The van der Waals surface area contributed by atoms with Crippen LogP contribution in [0.15, 0.2) is 6.07 Å². The summed E-state index contributed by atoms with van der Waals surface area (Å²) in [5, 5.41) is 9.45. The minimum absolute atomic E-state index is 0.0548. The Hall–Kier alpha value is -1.11. The van der Waals surface area contributed by atoms with Gasteiger partial charge in [0.1, 0.15) is 11.2 Å². The van der Waals surface area contributed by atoms with E-state index < -0.39 is 5.60 Å². The number of aliphatic hydroxyl groups excluding tert-OH is 1. The average Bonchev–Trinajstić information content (AvgIpc) is 2.90. The zero-order chi connectivity index (χ0) is 17.5. The molecule has 1 aromatic rings. The number of ether oxygens (including phenoxy) is 2. The van der Waals surface area contributed by atoms with E-state index in [4.69, 9.17) is 9.47 Å². The van der Waals surface area contributed by atoms with Gasteiger partial charge in [-0.1, -0.05) is 0 Å². The van der Waals surface area contributed by atoms with E-state index >= 15 is 0 Å². The Labute approximate surface area is 147 Å². The maximum absolute atomic E-state index is 12.4. The highest BCUT2D eigenvalue weighted by molar-refractivity contribution is 7.12. The Bertz CT molecular complexity index is 621. The van der Waals surface area contributed by atoms with Crippen LogP contribution in [0.5, 0.6) is 0 Å². The molecule has 0 radical (unpaired) electrons. The van der Waals surface area contributed by atoms with E-state index in [2.05, 4.69) is 13.0 Å². The second-order valence-corrected chi connectivity index (χ2v) is 8.93. The molecule has 1 saturated heterocycles. The fourth-order valence-corrected chi connectivity index (χ4v) is 4.95. The predicted molar refractivity (Wildman–Crippen MR) is 93.2 cm³/mol. The summed E-state index contributed by atoms with van der Waals surface area (Å²) in [6, 6.07) is 2.16. The monoisotopic (exact) mass is 353 g/mol. The van der Waals surface area contributed by atoms with E-state index in [0.717, 1.165) is 24.1 Å². The molecule has 2 aliphatic heterocycles. The van der Waals surface area contributed by atoms with Crippen molar-refractivity contribution in [1.82, 2.24) is 4.90 Å². The largest absolute Gasteiger partial charge is 0.444 e. The van der Waals surface area contributed by atoms with Gasteiger partial charge in [0, 0.05) is 28.8 Å². The molecule has 2 unspecified atom stereocenters. The summed E-state index contributed by atoms with van der Waals surface area (Å²) < 4.78 is 11.8. The van der Waals surface area contributed by atoms with Crippen LogP contribution in [0.3, 0.4) is 0 Å². The lowest BCUT2D eigenvalue weighted by Gasteiger charge is -2.46. The molecular weight excluding hydrogens is 326 g/mol. The number of thiophene rings is 1. The Morgan fingerprint density at radius 3 is 2.92 bits per heavy atom. The van der Waals surface area contributed by atoms with Crippen LogP contribution in [0.4, 0.5) is 4.79 Å². The van der Waals surface area contributed by atoms with Crippen molar-refractivity contribution in [3.8, 4) is 0 Å². The van der Waals surface area contributed by atoms with Crippen LogP contribution in [-0.2, 0) is 28.1 Å². The molecule has 1 aromatic heterocycles. The van der Waals surface area contributed by atoms with Crippen molar-refractivity contribution in [2.75, 3.05) is 13.2 Å². The minimum atomic E-state index is -0.482. The Kier molecular flexibility index (Phi) is 4.66. The highest BCUT2D eigenvalue weighted by Crippen LogP contribution is 2.47. The molecule has 3 rings (SSSR count). The molecule has 5 nitrogen and oxygen atoms in total. The number of hydrogen-bond donors (Lipinski definition) is 1. The maximum atomic E-state index is 12.4. The van der Waals surface area contributed by atoms with Gasteiger partial charge in [-0.05, 0) is 52.2 Å². The van der Waals surface area contributed by atoms with Gasteiger partial charge in [0.15, 0.2) is 0 Å². The van der Waals surface area contributed by atoms with Gasteiger partial charge in [0.05, 0.1) is 13.2 Å². The summed E-state index contributed by atoms with van der Waals surface area (Å²) in [6.45, 7) is 9.13. The van der Waals surface area contributed by atoms with Crippen molar-refractivity contribution in [1.29, 1.82) is 0 Å². The quantitative estimate of drug-likeness (QED) is 0.840. The molecule has 6 heteroatoms. The molecule has 1 amide bonds. The van der Waals surface area contributed by atoms with Gasteiger partial charge in [-0.25, -0.2) is 4.79 Å². The van der Waals surface area contributed by atoms with Crippen molar-refractivity contribution in [2.24, 2.45) is 0 Å². The van der Waals surface area contributed by atoms with Gasteiger partial charge in [0.25, 0.3) is 0 Å². The molecule has 3 heterocycles. The summed E-state index contributed by atoms with van der Waals surface area (Å²) in [6.07, 6.45) is 2.19. The SMILES string of the molecule is CC1CC2(CCN1C(=O)OC(C)(C)C)OCCc1cc(CO)sc12. The first kappa shape index (κ1) is 17.7. The molecule has 134 valence electrons. The first-order valence-corrected chi connectivity index (χ1v) is 9.42. The number of hydrogen-bond acceptors (Lipinski definition) is 5. The third kappa shape index (κ3) is 3.32. The molecule has 0 bridgehead atoms. The van der Waals surface area contributed by atoms with E-state index in [1.807, 2.05) is 25.7 Å². The van der Waals surface area contributed by atoms with Crippen LogP contribution in [0.1, 0.15) is 55.9 Å². The smallest absolute Gasteiger partial charge is 0.410 e. The second-order valence-electron chi connectivity index (χ2n) is 7.79. The van der Waals surface area contributed by atoms with Crippen molar-refractivity contribution in [3.05, 3.63) is 21.4 Å². The standard InChI is InChI=1S/C18H27NO4S/c1-12-10-18(6-7-19(12)16(21)23-17(2,3)4)15-13(5-8-22-18)9-14(11-20)24-15/h9,12,20H,5-8,10-11H2,1-4H3.